The Balaban J connectivity index is 2.38. The van der Waals surface area contributed by atoms with Crippen molar-refractivity contribution in [2.75, 3.05) is 0 Å². The van der Waals surface area contributed by atoms with E-state index < -0.39 is 0 Å². The Morgan fingerprint density at radius 2 is 1.86 bits per heavy atom. The first-order valence-corrected chi connectivity index (χ1v) is 5.82. The summed E-state index contributed by atoms with van der Waals surface area (Å²) in [6.07, 6.45) is 2.66. The lowest BCUT2D eigenvalue weighted by Crippen LogP contribution is -2.02. The molecule has 2 atom stereocenters. The summed E-state index contributed by atoms with van der Waals surface area (Å²) in [6, 6.07) is 9.03. The van der Waals surface area contributed by atoms with Crippen LogP contribution >= 0.6 is 0 Å². The maximum atomic E-state index is 2.35. The molecule has 0 aliphatic heterocycles. The van der Waals surface area contributed by atoms with E-state index in [1.165, 1.54) is 12.8 Å². The molecule has 14 heavy (non-hydrogen) atoms. The zero-order valence-electron chi connectivity index (χ0n) is 9.46. The van der Waals surface area contributed by atoms with Crippen molar-refractivity contribution >= 4 is 0 Å². The fourth-order valence-electron chi connectivity index (χ4n) is 2.80. The summed E-state index contributed by atoms with van der Waals surface area (Å²) in [6.45, 7) is 7.00. The fourth-order valence-corrected chi connectivity index (χ4v) is 2.80. The lowest BCUT2D eigenvalue weighted by atomic mass is 9.89. The largest absolute Gasteiger partial charge is 0.0648 e. The third-order valence-corrected chi connectivity index (χ3v) is 3.67. The highest BCUT2D eigenvalue weighted by molar-refractivity contribution is 5.38. The first-order valence-electron chi connectivity index (χ1n) is 5.82. The van der Waals surface area contributed by atoms with Gasteiger partial charge in [-0.2, -0.15) is 0 Å². The van der Waals surface area contributed by atoms with E-state index in [2.05, 4.69) is 45.0 Å². The van der Waals surface area contributed by atoms with Gasteiger partial charge in [0, 0.05) is 0 Å². The zero-order chi connectivity index (χ0) is 10.1. The van der Waals surface area contributed by atoms with Crippen molar-refractivity contribution in [2.24, 2.45) is 5.92 Å². The number of fused-ring (bicyclic) bond motifs is 1. The van der Waals surface area contributed by atoms with Crippen LogP contribution in [0.5, 0.6) is 0 Å². The molecular formula is C14H20. The van der Waals surface area contributed by atoms with Crippen LogP contribution in [0.15, 0.2) is 24.3 Å². The van der Waals surface area contributed by atoms with Gasteiger partial charge in [0.15, 0.2) is 0 Å². The second-order valence-corrected chi connectivity index (χ2v) is 4.82. The SMILES string of the molecule is CCC1CC(C(C)C)c2ccccc21. The van der Waals surface area contributed by atoms with Crippen molar-refractivity contribution < 1.29 is 0 Å². The molecule has 1 aromatic rings. The van der Waals surface area contributed by atoms with E-state index in [4.69, 9.17) is 0 Å². The molecule has 76 valence electrons. The third kappa shape index (κ3) is 1.47. The highest BCUT2D eigenvalue weighted by Gasteiger charge is 2.30. The van der Waals surface area contributed by atoms with Crippen molar-refractivity contribution in [3.05, 3.63) is 35.4 Å². The van der Waals surface area contributed by atoms with Gasteiger partial charge in [-0.1, -0.05) is 45.0 Å². The summed E-state index contributed by atoms with van der Waals surface area (Å²) < 4.78 is 0. The van der Waals surface area contributed by atoms with E-state index in [-0.39, 0.29) is 0 Å². The smallest absolute Gasteiger partial charge is 0.0130 e. The van der Waals surface area contributed by atoms with Gasteiger partial charge in [-0.15, -0.1) is 0 Å². The molecule has 0 fully saturated rings. The topological polar surface area (TPSA) is 0 Å². The van der Waals surface area contributed by atoms with Gasteiger partial charge in [0.25, 0.3) is 0 Å². The average Bonchev–Trinajstić information content (AvgIpc) is 2.56. The quantitative estimate of drug-likeness (QED) is 0.648. The Hall–Kier alpha value is -0.780. The van der Waals surface area contributed by atoms with Gasteiger partial charge in [-0.25, -0.2) is 0 Å². The Morgan fingerprint density at radius 1 is 1.21 bits per heavy atom. The molecule has 0 aromatic heterocycles. The molecule has 0 heteroatoms. The van der Waals surface area contributed by atoms with Crippen LogP contribution in [-0.4, -0.2) is 0 Å². The Bertz CT molecular complexity index is 312. The van der Waals surface area contributed by atoms with Crippen molar-refractivity contribution in [3.63, 3.8) is 0 Å². The predicted octanol–water partition coefficient (Wildman–Crippen LogP) is 4.32. The van der Waals surface area contributed by atoms with E-state index in [1.54, 1.807) is 11.1 Å². The Kier molecular flexibility index (Phi) is 2.62. The van der Waals surface area contributed by atoms with Gasteiger partial charge in [0.2, 0.25) is 0 Å². The van der Waals surface area contributed by atoms with Gasteiger partial charge in [0.1, 0.15) is 0 Å². The Labute approximate surface area is 87.3 Å². The molecule has 0 amide bonds. The summed E-state index contributed by atoms with van der Waals surface area (Å²) in [7, 11) is 0. The van der Waals surface area contributed by atoms with Crippen LogP contribution in [0.25, 0.3) is 0 Å². The van der Waals surface area contributed by atoms with Gasteiger partial charge in [-0.05, 0) is 41.7 Å². The lowest BCUT2D eigenvalue weighted by Gasteiger charge is -2.15. The molecule has 1 aromatic carbocycles. The van der Waals surface area contributed by atoms with Gasteiger partial charge in [-0.3, -0.25) is 0 Å². The maximum absolute atomic E-state index is 2.35. The summed E-state index contributed by atoms with van der Waals surface area (Å²) >= 11 is 0. The van der Waals surface area contributed by atoms with E-state index in [9.17, 15) is 0 Å². The first-order chi connectivity index (χ1) is 6.74. The van der Waals surface area contributed by atoms with Crippen molar-refractivity contribution in [3.8, 4) is 0 Å². The summed E-state index contributed by atoms with van der Waals surface area (Å²) in [5, 5.41) is 0. The molecule has 0 spiro atoms. The van der Waals surface area contributed by atoms with E-state index in [1.807, 2.05) is 0 Å². The van der Waals surface area contributed by atoms with Crippen LogP contribution < -0.4 is 0 Å². The van der Waals surface area contributed by atoms with Gasteiger partial charge < -0.3 is 0 Å². The third-order valence-electron chi connectivity index (χ3n) is 3.67. The molecular weight excluding hydrogens is 168 g/mol. The summed E-state index contributed by atoms with van der Waals surface area (Å²) in [5.41, 5.74) is 3.24. The molecule has 2 rings (SSSR count). The standard InChI is InChI=1S/C14H20/c1-4-11-9-14(10(2)3)13-8-6-5-7-12(11)13/h5-8,10-11,14H,4,9H2,1-3H3. The van der Waals surface area contributed by atoms with E-state index in [0.29, 0.717) is 0 Å². The van der Waals surface area contributed by atoms with Crippen LogP contribution in [0.2, 0.25) is 0 Å². The molecule has 0 heterocycles. The molecule has 0 saturated heterocycles. The molecule has 1 aliphatic rings. The molecule has 0 N–H and O–H groups in total. The first kappa shape index (κ1) is 9.76. The van der Waals surface area contributed by atoms with Crippen LogP contribution in [0.4, 0.5) is 0 Å². The second-order valence-electron chi connectivity index (χ2n) is 4.82. The molecule has 2 unspecified atom stereocenters. The second kappa shape index (κ2) is 3.76. The van der Waals surface area contributed by atoms with Crippen molar-refractivity contribution in [1.29, 1.82) is 0 Å². The summed E-state index contributed by atoms with van der Waals surface area (Å²) in [4.78, 5) is 0. The number of benzene rings is 1. The van der Waals surface area contributed by atoms with Gasteiger partial charge >= 0.3 is 0 Å². The zero-order valence-corrected chi connectivity index (χ0v) is 9.46. The minimum Gasteiger partial charge on any atom is -0.0648 e. The van der Waals surface area contributed by atoms with Crippen LogP contribution in [0.3, 0.4) is 0 Å². The lowest BCUT2D eigenvalue weighted by molar-refractivity contribution is 0.461. The Morgan fingerprint density at radius 3 is 2.43 bits per heavy atom. The number of rotatable bonds is 2. The molecule has 1 aliphatic carbocycles. The van der Waals surface area contributed by atoms with E-state index >= 15 is 0 Å². The van der Waals surface area contributed by atoms with Gasteiger partial charge in [0.05, 0.1) is 0 Å². The monoisotopic (exact) mass is 188 g/mol. The average molecular weight is 188 g/mol. The van der Waals surface area contributed by atoms with Crippen molar-refractivity contribution in [1.82, 2.24) is 0 Å². The highest BCUT2D eigenvalue weighted by Crippen LogP contribution is 2.46. The number of hydrogen-bond donors (Lipinski definition) is 0. The summed E-state index contributed by atoms with van der Waals surface area (Å²) in [5.74, 6) is 2.41. The normalized spacial score (nSPS) is 25.4. The minimum absolute atomic E-state index is 0.785. The molecule has 0 bridgehead atoms. The highest BCUT2D eigenvalue weighted by atomic mass is 14.3. The number of hydrogen-bond acceptors (Lipinski definition) is 0. The van der Waals surface area contributed by atoms with Crippen LogP contribution in [0, 0.1) is 5.92 Å². The van der Waals surface area contributed by atoms with Crippen LogP contribution in [-0.2, 0) is 0 Å². The fraction of sp³-hybridized carbons (Fsp3) is 0.571. The maximum Gasteiger partial charge on any atom is -0.0130 e. The molecule has 0 nitrogen and oxygen atoms in total. The van der Waals surface area contributed by atoms with Crippen LogP contribution in [0.1, 0.15) is 56.6 Å². The minimum atomic E-state index is 0.785. The molecule has 0 radical (unpaired) electrons. The van der Waals surface area contributed by atoms with E-state index in [0.717, 1.165) is 17.8 Å². The molecule has 0 saturated carbocycles. The van der Waals surface area contributed by atoms with Crippen molar-refractivity contribution in [2.45, 2.75) is 45.4 Å². The predicted molar refractivity (Wildman–Crippen MR) is 61.7 cm³/mol.